The van der Waals surface area contributed by atoms with Gasteiger partial charge in [0.05, 0.1) is 0 Å². The molecular formula is C27H42Cl2SiZr. The first-order valence-electron chi connectivity index (χ1n) is 11.1. The summed E-state index contributed by atoms with van der Waals surface area (Å²) in [4.78, 5) is 0. The Hall–Kier alpha value is -0.140. The third-order valence-corrected chi connectivity index (χ3v) is 30.5. The summed E-state index contributed by atoms with van der Waals surface area (Å²) < 4.78 is 7.92. The van der Waals surface area contributed by atoms with Gasteiger partial charge in [-0.15, -0.1) is 24.8 Å². The van der Waals surface area contributed by atoms with E-state index >= 15 is 0 Å². The van der Waals surface area contributed by atoms with Gasteiger partial charge in [0.15, 0.2) is 0 Å². The molecule has 0 aromatic heterocycles. The van der Waals surface area contributed by atoms with Crippen LogP contribution in [-0.2, 0) is 17.4 Å². The Balaban J connectivity index is 0.00000240. The molecule has 0 nitrogen and oxygen atoms in total. The van der Waals surface area contributed by atoms with E-state index in [1.54, 1.807) is 32.1 Å². The van der Waals surface area contributed by atoms with Crippen LogP contribution >= 0.6 is 24.8 Å². The smallest absolute Gasteiger partial charge is 0.147 e. The van der Waals surface area contributed by atoms with Crippen molar-refractivity contribution in [2.45, 2.75) is 72.9 Å². The van der Waals surface area contributed by atoms with E-state index < -0.39 is 17.4 Å². The monoisotopic (exact) mass is 554 g/mol. The fourth-order valence-electron chi connectivity index (χ4n) is 5.39. The van der Waals surface area contributed by atoms with Gasteiger partial charge in [0, 0.05) is 0 Å². The minimum absolute atomic E-state index is 0. The predicted octanol–water partition coefficient (Wildman–Crippen LogP) is 7.74. The predicted molar refractivity (Wildman–Crippen MR) is 145 cm³/mol. The number of rotatable bonds is 3. The molecule has 0 fully saturated rings. The van der Waals surface area contributed by atoms with Crippen LogP contribution < -0.4 is 3.27 Å². The summed E-state index contributed by atoms with van der Waals surface area (Å²) in [5, 5.41) is 0. The van der Waals surface area contributed by atoms with E-state index in [2.05, 4.69) is 109 Å². The van der Waals surface area contributed by atoms with Crippen LogP contribution in [-0.4, -0.2) is 6.88 Å². The first kappa shape index (κ1) is 28.9. The van der Waals surface area contributed by atoms with E-state index in [1.807, 2.05) is 0 Å². The largest absolute Gasteiger partial charge is 0.147 e. The van der Waals surface area contributed by atoms with Crippen molar-refractivity contribution in [1.29, 1.82) is 0 Å². The van der Waals surface area contributed by atoms with E-state index in [1.165, 1.54) is 0 Å². The van der Waals surface area contributed by atoms with E-state index in [-0.39, 0.29) is 35.6 Å². The fourth-order valence-corrected chi connectivity index (χ4v) is 25.8. The van der Waals surface area contributed by atoms with Crippen LogP contribution in [0.3, 0.4) is 0 Å². The molecule has 0 aliphatic heterocycles. The molecule has 0 radical (unpaired) electrons. The second-order valence-corrected chi connectivity index (χ2v) is 36.6. The minimum Gasteiger partial charge on any atom is -0.147 e. The van der Waals surface area contributed by atoms with Crippen molar-refractivity contribution in [1.82, 2.24) is 0 Å². The van der Waals surface area contributed by atoms with E-state index in [0.29, 0.717) is 0 Å². The number of benzene rings is 1. The van der Waals surface area contributed by atoms with Crippen LogP contribution in [0.5, 0.6) is 0 Å². The molecule has 0 unspecified atom stereocenters. The first-order chi connectivity index (χ1) is 13.2. The second kappa shape index (κ2) is 9.25. The van der Waals surface area contributed by atoms with Gasteiger partial charge in [0.25, 0.3) is 0 Å². The zero-order valence-corrected chi connectivity index (χ0v) is 26.5. The fraction of sp³-hybridized carbons (Fsp3) is 0.481. The summed E-state index contributed by atoms with van der Waals surface area (Å²) >= 11 is -3.63. The molecule has 4 heteroatoms. The third-order valence-electron chi connectivity index (χ3n) is 7.58. The van der Waals surface area contributed by atoms with Gasteiger partial charge in [-0.3, -0.25) is 0 Å². The van der Waals surface area contributed by atoms with Crippen molar-refractivity contribution >= 4 is 35.0 Å². The molecule has 2 aliphatic rings. The van der Waals surface area contributed by atoms with E-state index in [4.69, 9.17) is 0 Å². The first-order valence-corrected chi connectivity index (χ1v) is 23.1. The Bertz CT molecular complexity index is 981. The Morgan fingerprint density at radius 1 is 0.710 bits per heavy atom. The van der Waals surface area contributed by atoms with Gasteiger partial charge in [-0.1, -0.05) is 0 Å². The molecule has 0 spiro atoms. The molecule has 0 bridgehead atoms. The van der Waals surface area contributed by atoms with Crippen LogP contribution in [0.2, 0.25) is 4.63 Å². The normalized spacial score (nSPS) is 17.9. The number of hydrogen-bond donors (Lipinski definition) is 0. The average Bonchev–Trinajstić information content (AvgIpc) is 3.19. The SMILES string of the molecule is CC1=[C]([Zr]([CH3])(=[SiH2])([C]2=C(C)C=C(C(C)(C)C)C2)[c]2ccccc2)CC(C(C)(C)C)=C1.Cl.Cl. The molecule has 0 heterocycles. The van der Waals surface area contributed by atoms with Crippen molar-refractivity contribution < 1.29 is 17.4 Å². The molecule has 0 atom stereocenters. The van der Waals surface area contributed by atoms with E-state index in [0.717, 1.165) is 12.8 Å². The zero-order chi connectivity index (χ0) is 21.9. The minimum atomic E-state index is -3.63. The van der Waals surface area contributed by atoms with Gasteiger partial charge in [0.1, 0.15) is 0 Å². The second-order valence-electron chi connectivity index (χ2n) is 11.9. The van der Waals surface area contributed by atoms with Crippen LogP contribution in [0, 0.1) is 10.8 Å². The molecule has 1 aromatic rings. The molecule has 0 N–H and O–H groups in total. The molecule has 31 heavy (non-hydrogen) atoms. The quantitative estimate of drug-likeness (QED) is 0.334. The van der Waals surface area contributed by atoms with Gasteiger partial charge >= 0.3 is 183 Å². The van der Waals surface area contributed by atoms with Crippen molar-refractivity contribution in [3.05, 3.63) is 71.3 Å². The summed E-state index contributed by atoms with van der Waals surface area (Å²) in [6, 6.07) is 11.6. The standard InChI is InChI=1S/2C10H15.C6H5.CH3.2ClH.H2Si.Zr/c2*1-8-5-6-9(7-8)10(2,3)4;1-2-4-6-5-3-1;;;;;/h2*7H,6H2,1-4H3;1-5H;1H3;2*1H;1H2;. The molecule has 1 aromatic carbocycles. The number of halogens is 2. The van der Waals surface area contributed by atoms with Crippen molar-refractivity contribution in [3.8, 4) is 0 Å². The van der Waals surface area contributed by atoms with Crippen LogP contribution in [0.15, 0.2) is 71.3 Å². The third kappa shape index (κ3) is 5.03. The Morgan fingerprint density at radius 3 is 1.35 bits per heavy atom. The topological polar surface area (TPSA) is 0 Å². The molecule has 3 rings (SSSR count). The average molecular weight is 557 g/mol. The van der Waals surface area contributed by atoms with Gasteiger partial charge in [-0.2, -0.15) is 0 Å². The maximum absolute atomic E-state index is 3.63. The van der Waals surface area contributed by atoms with Gasteiger partial charge in [0.2, 0.25) is 0 Å². The van der Waals surface area contributed by atoms with Gasteiger partial charge < -0.3 is 0 Å². The molecule has 0 saturated carbocycles. The van der Waals surface area contributed by atoms with Crippen molar-refractivity contribution in [2.75, 3.05) is 0 Å². The van der Waals surface area contributed by atoms with Gasteiger partial charge in [-0.05, 0) is 0 Å². The summed E-state index contributed by atoms with van der Waals surface area (Å²) in [6.07, 6.45) is 7.37. The zero-order valence-electron chi connectivity index (χ0n) is 21.0. The van der Waals surface area contributed by atoms with Crippen LogP contribution in [0.25, 0.3) is 0 Å². The Labute approximate surface area is 206 Å². The van der Waals surface area contributed by atoms with Crippen LogP contribution in [0.1, 0.15) is 68.2 Å². The summed E-state index contributed by atoms with van der Waals surface area (Å²) in [6.45, 7) is 21.4. The maximum atomic E-state index is 2.71. The molecule has 2 aliphatic carbocycles. The summed E-state index contributed by atoms with van der Waals surface area (Å²) in [7, 11) is 0. The Morgan fingerprint density at radius 2 is 1.06 bits per heavy atom. The number of hydrogen-bond acceptors (Lipinski definition) is 0. The van der Waals surface area contributed by atoms with Crippen LogP contribution in [0.4, 0.5) is 0 Å². The number of allylic oxidation sites excluding steroid dienone is 8. The maximum Gasteiger partial charge on any atom is -0.147 e. The molecule has 172 valence electrons. The molecular weight excluding hydrogens is 515 g/mol. The van der Waals surface area contributed by atoms with Crippen molar-refractivity contribution in [2.24, 2.45) is 10.8 Å². The van der Waals surface area contributed by atoms with Gasteiger partial charge in [-0.25, -0.2) is 0 Å². The Kier molecular flexibility index (Phi) is 8.62. The molecule has 0 amide bonds. The summed E-state index contributed by atoms with van der Waals surface area (Å²) in [5.41, 5.74) is 6.78. The summed E-state index contributed by atoms with van der Waals surface area (Å²) in [5.74, 6) is 0. The van der Waals surface area contributed by atoms with E-state index in [9.17, 15) is 0 Å². The molecule has 0 saturated heterocycles. The van der Waals surface area contributed by atoms with Crippen molar-refractivity contribution in [3.63, 3.8) is 0 Å².